The Morgan fingerprint density at radius 3 is 2.04 bits per heavy atom. The summed E-state index contributed by atoms with van der Waals surface area (Å²) in [5.74, 6) is -10.4. The van der Waals surface area contributed by atoms with Crippen molar-refractivity contribution < 1.29 is 102 Å². The van der Waals surface area contributed by atoms with Gasteiger partial charge in [-0.15, -0.1) is 10.2 Å². The number of aliphatic hydroxyl groups excluding tert-OH is 6. The van der Waals surface area contributed by atoms with Crippen LogP contribution in [0, 0.1) is 5.92 Å². The fourth-order valence-corrected chi connectivity index (χ4v) is 11.6. The van der Waals surface area contributed by atoms with E-state index in [1.54, 1.807) is 19.2 Å². The first kappa shape index (κ1) is 69.8. The van der Waals surface area contributed by atoms with E-state index >= 15 is 0 Å². The number of aromatic nitrogens is 2. The second-order valence-electron chi connectivity index (χ2n) is 22.0. The number of aromatic hydroxyl groups is 1. The molecule has 90 heavy (non-hydrogen) atoms. The van der Waals surface area contributed by atoms with Crippen molar-refractivity contribution in [2.75, 3.05) is 40.0 Å². The summed E-state index contributed by atoms with van der Waals surface area (Å²) in [5, 5.41) is 112. The largest absolute Gasteiger partial charge is 0.504 e. The van der Waals surface area contributed by atoms with Gasteiger partial charge in [-0.05, 0) is 80.3 Å². The second kappa shape index (κ2) is 32.9. The van der Waals surface area contributed by atoms with Crippen LogP contribution in [0.15, 0.2) is 66.7 Å². The monoisotopic (exact) mass is 1300 g/mol. The highest BCUT2D eigenvalue weighted by molar-refractivity contribution is 7.90. The van der Waals surface area contributed by atoms with E-state index in [4.69, 9.17) is 24.6 Å². The van der Waals surface area contributed by atoms with E-state index in [0.717, 1.165) is 66.7 Å². The molecule has 13 atom stereocenters. The maximum Gasteiger partial charge on any atom is 0.261 e. The molecule has 4 heterocycles. The average molecular weight is 1300 g/mol. The number of hydrogen-bond donors (Lipinski definition) is 14. The first-order chi connectivity index (χ1) is 43.0. The number of primary amides is 1. The van der Waals surface area contributed by atoms with Crippen molar-refractivity contribution in [1.82, 2.24) is 46.6 Å². The number of aliphatic hydroxyl groups is 6. The fraction of sp³-hybridized carbons (Fsp3) is 0.509. The SMILES string of the molecule is COCCCCCCOc1ccc(-c2nnc(-c3ccc(C(=O)NC4CC(O)CNC(=O)C5C(O)C(C)CN5C(=O)C(C(O)CC(N)=O)NC(=O)C(C(O)Cc5ccc(O)c(OSOOO)c5)NC(=O)C5CC(O)CN5C(=O)C(C(C)O)NC4=O)cc3)s2)cc1. The van der Waals surface area contributed by atoms with Gasteiger partial charge in [0.05, 0.1) is 49.7 Å². The zero-order valence-corrected chi connectivity index (χ0v) is 50.7. The molecule has 1 aromatic heterocycles. The third-order valence-electron chi connectivity index (χ3n) is 15.2. The van der Waals surface area contributed by atoms with Crippen LogP contribution in [0.25, 0.3) is 21.1 Å². The van der Waals surface area contributed by atoms with Gasteiger partial charge in [0, 0.05) is 75.2 Å². The Morgan fingerprint density at radius 1 is 0.767 bits per heavy atom. The number of amides is 8. The number of phenols is 1. The first-order valence-electron chi connectivity index (χ1n) is 28.7. The Hall–Kier alpha value is -7.67. The van der Waals surface area contributed by atoms with E-state index < -0.39 is 177 Å². The minimum atomic E-state index is -2.22. The van der Waals surface area contributed by atoms with Crippen molar-refractivity contribution in [1.29, 1.82) is 0 Å². The van der Waals surface area contributed by atoms with Gasteiger partial charge >= 0.3 is 0 Å². The Labute approximate surface area is 523 Å². The van der Waals surface area contributed by atoms with Crippen LogP contribution in [0.2, 0.25) is 0 Å². The number of hydrogen-bond acceptors (Lipinski definition) is 25. The Morgan fingerprint density at radius 2 is 1.40 bits per heavy atom. The third-order valence-corrected chi connectivity index (χ3v) is 16.6. The molecule has 3 aromatic carbocycles. The van der Waals surface area contributed by atoms with Crippen LogP contribution < -0.4 is 41.2 Å². The van der Waals surface area contributed by atoms with E-state index in [9.17, 15) is 74.1 Å². The molecule has 0 bridgehead atoms. The first-order valence-corrected chi connectivity index (χ1v) is 30.2. The molecule has 3 aliphatic rings. The Balaban J connectivity index is 1.16. The van der Waals surface area contributed by atoms with E-state index in [-0.39, 0.29) is 29.2 Å². The van der Waals surface area contributed by atoms with E-state index in [1.807, 2.05) is 24.3 Å². The van der Waals surface area contributed by atoms with E-state index in [1.165, 1.54) is 36.5 Å². The summed E-state index contributed by atoms with van der Waals surface area (Å²) < 4.78 is 20.3. The van der Waals surface area contributed by atoms with Crippen LogP contribution in [0.1, 0.15) is 74.7 Å². The molecule has 490 valence electrons. The van der Waals surface area contributed by atoms with Gasteiger partial charge in [0.2, 0.25) is 41.4 Å². The number of fused-ring (bicyclic) bond motifs is 2. The van der Waals surface area contributed by atoms with Gasteiger partial charge in [-0.1, -0.05) is 52.3 Å². The third kappa shape index (κ3) is 18.5. The van der Waals surface area contributed by atoms with Gasteiger partial charge in [-0.25, -0.2) is 5.26 Å². The second-order valence-corrected chi connectivity index (χ2v) is 23.5. The molecule has 15 N–H and O–H groups in total. The fourth-order valence-electron chi connectivity index (χ4n) is 10.5. The Kier molecular flexibility index (Phi) is 25.5. The highest BCUT2D eigenvalue weighted by Crippen LogP contribution is 2.33. The van der Waals surface area contributed by atoms with E-state index in [0.29, 0.717) is 27.9 Å². The minimum Gasteiger partial charge on any atom is -0.504 e. The molecule has 0 saturated carbocycles. The van der Waals surface area contributed by atoms with Crippen molar-refractivity contribution >= 4 is 70.9 Å². The lowest BCUT2D eigenvalue weighted by molar-refractivity contribution is -0.433. The summed E-state index contributed by atoms with van der Waals surface area (Å²) >= 11 is 1.34. The number of carbonyl (C=O) groups excluding carboxylic acids is 8. The molecule has 0 radical (unpaired) electrons. The van der Waals surface area contributed by atoms with Gasteiger partial charge in [0.15, 0.2) is 11.5 Å². The van der Waals surface area contributed by atoms with Crippen molar-refractivity contribution in [3.63, 3.8) is 0 Å². The number of nitrogens with zero attached hydrogens (tertiary/aromatic N) is 4. The average Bonchev–Trinajstić information content (AvgIpc) is 2.79. The summed E-state index contributed by atoms with van der Waals surface area (Å²) in [6.45, 7) is 2.15. The number of nitrogens with two attached hydrogens (primary N) is 1. The molecule has 0 spiro atoms. The molecule has 8 amide bonds. The van der Waals surface area contributed by atoms with Crippen LogP contribution in [0.4, 0.5) is 0 Å². The van der Waals surface area contributed by atoms with Gasteiger partial charge in [-0.3, -0.25) is 38.4 Å². The molecule has 3 aliphatic heterocycles. The zero-order chi connectivity index (χ0) is 65.3. The van der Waals surface area contributed by atoms with Crippen LogP contribution in [0.3, 0.4) is 0 Å². The van der Waals surface area contributed by atoms with Gasteiger partial charge in [0.1, 0.15) is 52.0 Å². The lowest BCUT2D eigenvalue weighted by Crippen LogP contribution is -2.64. The van der Waals surface area contributed by atoms with Crippen molar-refractivity contribution in [3.05, 3.63) is 77.9 Å². The molecule has 4 aromatic rings. The van der Waals surface area contributed by atoms with Crippen LogP contribution in [-0.4, -0.2) is 221 Å². The summed E-state index contributed by atoms with van der Waals surface area (Å²) in [6.07, 6.45) is -9.66. The number of methoxy groups -OCH3 is 1. The molecular formula is C57H74N10O21S2. The lowest BCUT2D eigenvalue weighted by Gasteiger charge is -2.33. The molecular weight excluding hydrogens is 1220 g/mol. The number of β-amino-alcohol motifs (C(OH)–C–C–N with tert-alkyl or cyclic N) is 1. The number of unbranched alkanes of at least 4 members (excludes halogenated alkanes) is 3. The van der Waals surface area contributed by atoms with Gasteiger partial charge in [0.25, 0.3) is 18.2 Å². The predicted octanol–water partition coefficient (Wildman–Crippen LogP) is -1.65. The molecule has 31 nitrogen and oxygen atoms in total. The quantitative estimate of drug-likeness (QED) is 0.0171. The van der Waals surface area contributed by atoms with Crippen LogP contribution in [0.5, 0.6) is 17.2 Å². The maximum absolute atomic E-state index is 14.7. The van der Waals surface area contributed by atoms with Gasteiger partial charge in [-0.2, -0.15) is 0 Å². The maximum atomic E-state index is 14.7. The number of benzene rings is 3. The summed E-state index contributed by atoms with van der Waals surface area (Å²) in [6, 6.07) is 5.26. The zero-order valence-electron chi connectivity index (χ0n) is 49.1. The number of rotatable bonds is 23. The summed E-state index contributed by atoms with van der Waals surface area (Å²) in [7, 11) is 1.68. The van der Waals surface area contributed by atoms with Crippen molar-refractivity contribution in [3.8, 4) is 38.4 Å². The summed E-state index contributed by atoms with van der Waals surface area (Å²) in [4.78, 5) is 115. The topological polar surface area (TPSA) is 463 Å². The number of nitrogens with one attached hydrogen (secondary N) is 5. The highest BCUT2D eigenvalue weighted by Gasteiger charge is 2.50. The van der Waals surface area contributed by atoms with E-state index in [2.05, 4.69) is 46.2 Å². The van der Waals surface area contributed by atoms with Crippen molar-refractivity contribution in [2.45, 2.75) is 138 Å². The molecule has 0 aliphatic carbocycles. The van der Waals surface area contributed by atoms with Gasteiger partial charge < -0.3 is 91.5 Å². The van der Waals surface area contributed by atoms with Crippen molar-refractivity contribution in [2.24, 2.45) is 11.7 Å². The molecule has 13 unspecified atom stereocenters. The standard InChI is InChI=1S/C57H74N10O21S2/c1-28-26-67-47(48(28)75)53(80)59-25-34(69)22-37(60-49(76)31-9-11-32(12-10-31)54-64-65-55(89-54)33-13-15-36(16-14-33)85-19-7-5-4-6-18-84-3)50(77)61-44(29(2)68)56(81)66-27-35(70)23-38(66)51(78)62-45(52(79)63-46(57(67)82)41(73)24-43(58)74)40(72)20-30-8-17-39(71)42(21-30)86-90-88-87-83/h8-17,21,28-29,34-35,37-38,40-41,44-48,68-73,75,83H,4-7,18-20,22-27H2,1-3H3,(H2,58,74)(H,59,80)(H,60,76)(H,61,77)(H,62,78)(H,63,79). The molecule has 3 saturated heterocycles. The Bertz CT molecular complexity index is 3130. The van der Waals surface area contributed by atoms with Crippen LogP contribution in [-0.2, 0) is 54.1 Å². The minimum absolute atomic E-state index is 0.000579. The molecule has 3 fully saturated rings. The smallest absolute Gasteiger partial charge is 0.261 e. The molecule has 7 rings (SSSR count). The normalized spacial score (nSPS) is 24.9. The highest BCUT2D eigenvalue weighted by atomic mass is 32.2. The number of phenolic OH excluding ortho intramolecular Hbond substituents is 1. The number of carbonyl (C=O) groups is 8. The predicted molar refractivity (Wildman–Crippen MR) is 316 cm³/mol. The molecule has 33 heteroatoms. The lowest BCUT2D eigenvalue weighted by atomic mass is 9.98. The number of ether oxygens (including phenoxy) is 2. The van der Waals surface area contributed by atoms with Crippen LogP contribution >= 0.6 is 23.7 Å². The summed E-state index contributed by atoms with van der Waals surface area (Å²) in [5.41, 5.74) is 6.86.